The number of fused-ring (bicyclic) bond motifs is 1. The molecule has 80 valence electrons. The van der Waals surface area contributed by atoms with Crippen molar-refractivity contribution in [3.63, 3.8) is 0 Å². The second kappa shape index (κ2) is 4.08. The summed E-state index contributed by atoms with van der Waals surface area (Å²) in [4.78, 5) is 13.3. The van der Waals surface area contributed by atoms with Gasteiger partial charge in [0.25, 0.3) is 5.91 Å². The van der Waals surface area contributed by atoms with Gasteiger partial charge in [-0.05, 0) is 18.2 Å². The Labute approximate surface area is 92.0 Å². The van der Waals surface area contributed by atoms with E-state index in [1.54, 1.807) is 18.2 Å². The van der Waals surface area contributed by atoms with Gasteiger partial charge < -0.3 is 14.7 Å². The highest BCUT2D eigenvalue weighted by Gasteiger charge is 2.24. The van der Waals surface area contributed by atoms with Crippen molar-refractivity contribution in [1.82, 2.24) is 4.90 Å². The Morgan fingerprint density at radius 2 is 2.33 bits per heavy atom. The van der Waals surface area contributed by atoms with E-state index in [1.807, 2.05) is 0 Å². The van der Waals surface area contributed by atoms with Gasteiger partial charge >= 0.3 is 0 Å². The second-order valence-electron chi connectivity index (χ2n) is 3.21. The van der Waals surface area contributed by atoms with E-state index < -0.39 is 0 Å². The first-order chi connectivity index (χ1) is 7.22. The van der Waals surface area contributed by atoms with Crippen LogP contribution in [0.15, 0.2) is 18.2 Å². The Kier molecular flexibility index (Phi) is 2.79. The highest BCUT2D eigenvalue weighted by Crippen LogP contribution is 2.27. The molecule has 0 saturated heterocycles. The molecule has 1 heterocycles. The summed E-state index contributed by atoms with van der Waals surface area (Å²) in [5, 5.41) is 9.30. The molecule has 0 aliphatic carbocycles. The van der Waals surface area contributed by atoms with Crippen LogP contribution >= 0.6 is 11.6 Å². The van der Waals surface area contributed by atoms with Gasteiger partial charge in [0.1, 0.15) is 5.75 Å². The average molecular weight is 228 g/mol. The maximum absolute atomic E-state index is 11.8. The molecule has 0 aromatic heterocycles. The quantitative estimate of drug-likeness (QED) is 0.824. The Hall–Kier alpha value is -1.26. The normalized spacial score (nSPS) is 14.8. The van der Waals surface area contributed by atoms with Gasteiger partial charge in [0.2, 0.25) is 0 Å². The Balaban J connectivity index is 2.30. The van der Waals surface area contributed by atoms with Gasteiger partial charge in [-0.3, -0.25) is 4.79 Å². The van der Waals surface area contributed by atoms with E-state index in [-0.39, 0.29) is 25.8 Å². The summed E-state index contributed by atoms with van der Waals surface area (Å²) < 4.78 is 5.35. The lowest BCUT2D eigenvalue weighted by atomic mass is 10.1. The number of aliphatic hydroxyl groups excluding tert-OH is 1. The van der Waals surface area contributed by atoms with Crippen molar-refractivity contribution in [2.75, 3.05) is 19.9 Å². The molecule has 0 radical (unpaired) electrons. The van der Waals surface area contributed by atoms with E-state index in [9.17, 15) is 4.79 Å². The minimum absolute atomic E-state index is 0.0714. The minimum Gasteiger partial charge on any atom is -0.472 e. The number of nitrogens with zero attached hydrogens (tertiary/aromatic N) is 1. The second-order valence-corrected chi connectivity index (χ2v) is 3.64. The SMILES string of the molecule is O=C1c2ccc(Cl)cc2OCN1CCO. The topological polar surface area (TPSA) is 49.8 Å². The fourth-order valence-electron chi connectivity index (χ4n) is 1.46. The van der Waals surface area contributed by atoms with Gasteiger partial charge in [0.05, 0.1) is 12.2 Å². The molecule has 0 bridgehead atoms. The van der Waals surface area contributed by atoms with E-state index in [0.29, 0.717) is 16.3 Å². The molecule has 2 rings (SSSR count). The number of carbonyl (C=O) groups is 1. The number of halogens is 1. The fourth-order valence-corrected chi connectivity index (χ4v) is 1.62. The number of benzene rings is 1. The van der Waals surface area contributed by atoms with Crippen LogP contribution in [0, 0.1) is 0 Å². The predicted molar refractivity (Wildman–Crippen MR) is 55.1 cm³/mol. The van der Waals surface area contributed by atoms with Crippen LogP contribution in [0.4, 0.5) is 0 Å². The van der Waals surface area contributed by atoms with Crippen molar-refractivity contribution < 1.29 is 14.6 Å². The lowest BCUT2D eigenvalue weighted by Crippen LogP contribution is -2.40. The molecule has 4 nitrogen and oxygen atoms in total. The molecule has 1 N–H and O–H groups in total. The van der Waals surface area contributed by atoms with Crippen molar-refractivity contribution in [2.45, 2.75) is 0 Å². The molecule has 1 aliphatic heterocycles. The molecule has 1 aliphatic rings. The number of hydrogen-bond donors (Lipinski definition) is 1. The lowest BCUT2D eigenvalue weighted by molar-refractivity contribution is 0.0470. The van der Waals surface area contributed by atoms with E-state index >= 15 is 0 Å². The first kappa shape index (κ1) is 10.3. The molecular formula is C10H10ClNO3. The fraction of sp³-hybridized carbons (Fsp3) is 0.300. The third kappa shape index (κ3) is 1.91. The van der Waals surface area contributed by atoms with Gasteiger partial charge in [0.15, 0.2) is 6.73 Å². The van der Waals surface area contributed by atoms with E-state index in [0.717, 1.165) is 0 Å². The number of hydrogen-bond acceptors (Lipinski definition) is 3. The monoisotopic (exact) mass is 227 g/mol. The number of ether oxygens (including phenoxy) is 1. The van der Waals surface area contributed by atoms with Crippen molar-refractivity contribution in [3.05, 3.63) is 28.8 Å². The van der Waals surface area contributed by atoms with Crippen LogP contribution in [0.2, 0.25) is 5.02 Å². The lowest BCUT2D eigenvalue weighted by Gasteiger charge is -2.28. The molecule has 0 saturated carbocycles. The molecular weight excluding hydrogens is 218 g/mol. The van der Waals surface area contributed by atoms with Gasteiger partial charge in [-0.1, -0.05) is 11.6 Å². The smallest absolute Gasteiger partial charge is 0.260 e. The third-order valence-corrected chi connectivity index (χ3v) is 2.44. The van der Waals surface area contributed by atoms with E-state index in [1.165, 1.54) is 4.90 Å². The van der Waals surface area contributed by atoms with Crippen LogP contribution in [0.1, 0.15) is 10.4 Å². The Morgan fingerprint density at radius 1 is 1.53 bits per heavy atom. The van der Waals surface area contributed by atoms with Crippen LogP contribution in [-0.2, 0) is 0 Å². The summed E-state index contributed by atoms with van der Waals surface area (Å²) in [6, 6.07) is 4.89. The third-order valence-electron chi connectivity index (χ3n) is 2.21. The number of amides is 1. The van der Waals surface area contributed by atoms with Crippen LogP contribution in [0.5, 0.6) is 5.75 Å². The van der Waals surface area contributed by atoms with Crippen LogP contribution in [0.3, 0.4) is 0 Å². The van der Waals surface area contributed by atoms with Gasteiger partial charge in [-0.2, -0.15) is 0 Å². The largest absolute Gasteiger partial charge is 0.472 e. The summed E-state index contributed by atoms with van der Waals surface area (Å²) in [5.74, 6) is 0.364. The van der Waals surface area contributed by atoms with Crippen molar-refractivity contribution in [3.8, 4) is 5.75 Å². The summed E-state index contributed by atoms with van der Waals surface area (Å²) in [6.07, 6.45) is 0. The van der Waals surface area contributed by atoms with Crippen molar-refractivity contribution >= 4 is 17.5 Å². The number of β-amino-alcohol motifs (C(OH)–C–C–N with tert-alkyl or cyclic N) is 1. The Morgan fingerprint density at radius 3 is 3.07 bits per heavy atom. The van der Waals surface area contributed by atoms with Crippen LogP contribution < -0.4 is 4.74 Å². The summed E-state index contributed by atoms with van der Waals surface area (Å²) in [6.45, 7) is 0.367. The molecule has 0 fully saturated rings. The van der Waals surface area contributed by atoms with E-state index in [4.69, 9.17) is 21.4 Å². The molecule has 1 amide bonds. The first-order valence-electron chi connectivity index (χ1n) is 4.55. The Bertz CT molecular complexity index is 394. The number of carbonyl (C=O) groups excluding carboxylic acids is 1. The zero-order valence-electron chi connectivity index (χ0n) is 7.94. The molecule has 5 heteroatoms. The van der Waals surface area contributed by atoms with Crippen LogP contribution in [-0.4, -0.2) is 35.8 Å². The number of aliphatic hydroxyl groups is 1. The van der Waals surface area contributed by atoms with Gasteiger partial charge in [-0.15, -0.1) is 0 Å². The molecule has 1 aromatic carbocycles. The van der Waals surface area contributed by atoms with Crippen LogP contribution in [0.25, 0.3) is 0 Å². The maximum Gasteiger partial charge on any atom is 0.260 e. The zero-order chi connectivity index (χ0) is 10.8. The molecule has 1 aromatic rings. The van der Waals surface area contributed by atoms with E-state index in [2.05, 4.69) is 0 Å². The summed E-state index contributed by atoms with van der Waals surface area (Å²) in [7, 11) is 0. The first-order valence-corrected chi connectivity index (χ1v) is 4.92. The maximum atomic E-state index is 11.8. The molecule has 0 spiro atoms. The van der Waals surface area contributed by atoms with Crippen molar-refractivity contribution in [2.24, 2.45) is 0 Å². The van der Waals surface area contributed by atoms with Gasteiger partial charge in [0, 0.05) is 11.6 Å². The summed E-state index contributed by atoms with van der Waals surface area (Å²) >= 11 is 5.78. The molecule has 0 unspecified atom stereocenters. The predicted octanol–water partition coefficient (Wildman–Crippen LogP) is 1.12. The van der Waals surface area contributed by atoms with Crippen molar-refractivity contribution in [1.29, 1.82) is 0 Å². The zero-order valence-corrected chi connectivity index (χ0v) is 8.70. The highest BCUT2D eigenvalue weighted by atomic mass is 35.5. The minimum atomic E-state index is -0.137. The van der Waals surface area contributed by atoms with Gasteiger partial charge in [-0.25, -0.2) is 0 Å². The number of rotatable bonds is 2. The average Bonchev–Trinajstić information content (AvgIpc) is 2.22. The standard InChI is InChI=1S/C10H10ClNO3/c11-7-1-2-8-9(5-7)15-6-12(3-4-13)10(8)14/h1-2,5,13H,3-4,6H2. The molecule has 0 atom stereocenters. The summed E-state index contributed by atoms with van der Waals surface area (Å²) in [5.41, 5.74) is 0.485. The highest BCUT2D eigenvalue weighted by molar-refractivity contribution is 6.30. The molecule has 15 heavy (non-hydrogen) atoms.